The average molecular weight is 272 g/mol. The van der Waals surface area contributed by atoms with Crippen LogP contribution in [0.4, 0.5) is 0 Å². The zero-order valence-electron chi connectivity index (χ0n) is 7.77. The summed E-state index contributed by atoms with van der Waals surface area (Å²) >= 11 is 5.32. The lowest BCUT2D eigenvalue weighted by atomic mass is 10.3. The van der Waals surface area contributed by atoms with Crippen molar-refractivity contribution in [2.24, 2.45) is 0 Å². The van der Waals surface area contributed by atoms with Crippen molar-refractivity contribution in [1.82, 2.24) is 15.0 Å². The fourth-order valence-electron chi connectivity index (χ4n) is 1.32. The van der Waals surface area contributed by atoms with Crippen molar-refractivity contribution in [2.45, 2.75) is 6.54 Å². The second-order valence-electron chi connectivity index (χ2n) is 2.91. The van der Waals surface area contributed by atoms with Gasteiger partial charge in [0, 0.05) is 10.2 Å². The lowest BCUT2D eigenvalue weighted by Crippen LogP contribution is -2.02. The lowest BCUT2D eigenvalue weighted by molar-refractivity contribution is 0.651. The van der Waals surface area contributed by atoms with Gasteiger partial charge in [-0.15, -0.1) is 5.10 Å². The van der Waals surface area contributed by atoms with Gasteiger partial charge < -0.3 is 0 Å². The normalized spacial score (nSPS) is 11.0. The molecular formula is C9H10BrN3S. The molecule has 0 amide bonds. The molecule has 1 heterocycles. The quantitative estimate of drug-likeness (QED) is 0.860. The van der Waals surface area contributed by atoms with E-state index in [0.717, 1.165) is 27.8 Å². The van der Waals surface area contributed by atoms with Gasteiger partial charge in [0.2, 0.25) is 0 Å². The van der Waals surface area contributed by atoms with Crippen LogP contribution in [0.15, 0.2) is 22.7 Å². The van der Waals surface area contributed by atoms with Gasteiger partial charge >= 0.3 is 0 Å². The maximum atomic E-state index is 4.12. The summed E-state index contributed by atoms with van der Waals surface area (Å²) in [7, 11) is 0. The Morgan fingerprint density at radius 3 is 3.14 bits per heavy atom. The minimum absolute atomic E-state index is 0.903. The molecule has 0 aliphatic rings. The van der Waals surface area contributed by atoms with Crippen LogP contribution < -0.4 is 0 Å². The van der Waals surface area contributed by atoms with Gasteiger partial charge in [0.15, 0.2) is 0 Å². The first-order valence-corrected chi connectivity index (χ1v) is 6.48. The molecule has 0 radical (unpaired) electrons. The smallest absolute Gasteiger partial charge is 0.114 e. The largest absolute Gasteiger partial charge is 0.243 e. The summed E-state index contributed by atoms with van der Waals surface area (Å²) in [4.78, 5) is 0. The van der Waals surface area contributed by atoms with Crippen molar-refractivity contribution in [3.8, 4) is 0 Å². The minimum atomic E-state index is 0.903. The van der Waals surface area contributed by atoms with Gasteiger partial charge in [-0.2, -0.15) is 11.8 Å². The van der Waals surface area contributed by atoms with Crippen LogP contribution in [0.3, 0.4) is 0 Å². The van der Waals surface area contributed by atoms with Gasteiger partial charge in [-0.05, 0) is 34.3 Å². The zero-order chi connectivity index (χ0) is 9.97. The molecule has 1 aromatic carbocycles. The molecule has 0 bridgehead atoms. The number of para-hydroxylation sites is 1. The SMILES string of the molecule is CSCCn1nnc2cccc(Br)c21. The maximum absolute atomic E-state index is 4.12. The fourth-order valence-corrected chi connectivity index (χ4v) is 2.24. The van der Waals surface area contributed by atoms with Gasteiger partial charge in [-0.25, -0.2) is 4.68 Å². The van der Waals surface area contributed by atoms with E-state index in [4.69, 9.17) is 0 Å². The number of aryl methyl sites for hydroxylation is 1. The Bertz CT molecular complexity index is 441. The summed E-state index contributed by atoms with van der Waals surface area (Å²) in [6.45, 7) is 0.903. The highest BCUT2D eigenvalue weighted by Gasteiger charge is 2.06. The number of rotatable bonds is 3. The van der Waals surface area contributed by atoms with E-state index in [1.54, 1.807) is 0 Å². The summed E-state index contributed by atoms with van der Waals surface area (Å²) in [5.74, 6) is 1.06. The Balaban J connectivity index is 2.45. The topological polar surface area (TPSA) is 30.7 Å². The fraction of sp³-hybridized carbons (Fsp3) is 0.333. The van der Waals surface area contributed by atoms with Gasteiger partial charge in [0.05, 0.1) is 6.54 Å². The van der Waals surface area contributed by atoms with Crippen LogP contribution in [-0.2, 0) is 6.54 Å². The molecule has 1 aromatic heterocycles. The molecule has 0 unspecified atom stereocenters. The number of halogens is 1. The average Bonchev–Trinajstić information content (AvgIpc) is 2.59. The molecular weight excluding hydrogens is 262 g/mol. The van der Waals surface area contributed by atoms with Gasteiger partial charge in [0.1, 0.15) is 11.0 Å². The first kappa shape index (κ1) is 9.98. The summed E-state index contributed by atoms with van der Waals surface area (Å²) in [5, 5.41) is 8.22. The molecule has 2 rings (SSSR count). The summed E-state index contributed by atoms with van der Waals surface area (Å²) in [6, 6.07) is 5.96. The van der Waals surface area contributed by atoms with E-state index in [1.165, 1.54) is 0 Å². The third-order valence-electron chi connectivity index (χ3n) is 1.99. The number of nitrogens with zero attached hydrogens (tertiary/aromatic N) is 3. The molecule has 74 valence electrons. The molecule has 0 N–H and O–H groups in total. The highest BCUT2D eigenvalue weighted by atomic mass is 79.9. The van der Waals surface area contributed by atoms with Crippen LogP contribution in [0.2, 0.25) is 0 Å². The Morgan fingerprint density at radius 2 is 2.36 bits per heavy atom. The van der Waals surface area contributed by atoms with E-state index in [-0.39, 0.29) is 0 Å². The van der Waals surface area contributed by atoms with E-state index in [1.807, 2.05) is 34.6 Å². The van der Waals surface area contributed by atoms with Crippen LogP contribution in [0.5, 0.6) is 0 Å². The predicted octanol–water partition coefficient (Wildman–Crippen LogP) is 2.56. The third kappa shape index (κ3) is 1.79. The molecule has 0 aliphatic carbocycles. The van der Waals surface area contributed by atoms with E-state index in [9.17, 15) is 0 Å². The highest BCUT2D eigenvalue weighted by molar-refractivity contribution is 9.10. The van der Waals surface area contributed by atoms with Gasteiger partial charge in [0.25, 0.3) is 0 Å². The molecule has 0 aliphatic heterocycles. The van der Waals surface area contributed by atoms with Crippen LogP contribution in [0, 0.1) is 0 Å². The Labute approximate surface area is 95.0 Å². The first-order valence-electron chi connectivity index (χ1n) is 4.29. The molecule has 0 fully saturated rings. The summed E-state index contributed by atoms with van der Waals surface area (Å²) in [5.41, 5.74) is 2.03. The maximum Gasteiger partial charge on any atom is 0.114 e. The molecule has 3 nitrogen and oxygen atoms in total. The highest BCUT2D eigenvalue weighted by Crippen LogP contribution is 2.21. The Morgan fingerprint density at radius 1 is 1.50 bits per heavy atom. The van der Waals surface area contributed by atoms with Crippen LogP contribution in [0.25, 0.3) is 11.0 Å². The predicted molar refractivity (Wildman–Crippen MR) is 63.6 cm³/mol. The summed E-state index contributed by atoms with van der Waals surface area (Å²) in [6.07, 6.45) is 2.09. The standard InChI is InChI=1S/C9H10BrN3S/c1-14-6-5-13-9-7(10)3-2-4-8(9)11-12-13/h2-4H,5-6H2,1H3. The van der Waals surface area contributed by atoms with Crippen molar-refractivity contribution in [2.75, 3.05) is 12.0 Å². The Kier molecular flexibility index (Phi) is 3.08. The molecule has 0 atom stereocenters. The van der Waals surface area contributed by atoms with Crippen molar-refractivity contribution in [3.05, 3.63) is 22.7 Å². The number of thioether (sulfide) groups is 1. The van der Waals surface area contributed by atoms with Crippen molar-refractivity contribution in [1.29, 1.82) is 0 Å². The van der Waals surface area contributed by atoms with Crippen molar-refractivity contribution >= 4 is 38.7 Å². The second kappa shape index (κ2) is 4.31. The number of hydrogen-bond acceptors (Lipinski definition) is 3. The lowest BCUT2D eigenvalue weighted by Gasteiger charge is -2.01. The van der Waals surface area contributed by atoms with Crippen molar-refractivity contribution < 1.29 is 0 Å². The number of benzene rings is 1. The monoisotopic (exact) mass is 271 g/mol. The van der Waals surface area contributed by atoms with Gasteiger partial charge in [-0.3, -0.25) is 0 Å². The van der Waals surface area contributed by atoms with Gasteiger partial charge in [-0.1, -0.05) is 11.3 Å². The number of fused-ring (bicyclic) bond motifs is 1. The van der Waals surface area contributed by atoms with E-state index in [0.29, 0.717) is 0 Å². The molecule has 0 spiro atoms. The van der Waals surface area contributed by atoms with Crippen LogP contribution in [-0.4, -0.2) is 27.0 Å². The summed E-state index contributed by atoms with van der Waals surface area (Å²) < 4.78 is 3.00. The molecule has 14 heavy (non-hydrogen) atoms. The zero-order valence-corrected chi connectivity index (χ0v) is 10.2. The third-order valence-corrected chi connectivity index (χ3v) is 3.22. The molecule has 0 saturated carbocycles. The molecule has 0 saturated heterocycles. The Hall–Kier alpha value is -0.550. The van der Waals surface area contributed by atoms with E-state index in [2.05, 4.69) is 32.5 Å². The molecule has 2 aromatic rings. The van der Waals surface area contributed by atoms with E-state index < -0.39 is 0 Å². The number of hydrogen-bond donors (Lipinski definition) is 0. The van der Waals surface area contributed by atoms with Crippen LogP contribution in [0.1, 0.15) is 0 Å². The van der Waals surface area contributed by atoms with Crippen LogP contribution >= 0.6 is 27.7 Å². The number of aromatic nitrogens is 3. The first-order chi connectivity index (χ1) is 6.83. The van der Waals surface area contributed by atoms with E-state index >= 15 is 0 Å². The minimum Gasteiger partial charge on any atom is -0.243 e. The second-order valence-corrected chi connectivity index (χ2v) is 4.75. The van der Waals surface area contributed by atoms with Crippen molar-refractivity contribution in [3.63, 3.8) is 0 Å². The molecule has 5 heteroatoms.